The minimum atomic E-state index is -1.87. The number of carbonyl (C=O) groups is 1. The quantitative estimate of drug-likeness (QED) is 0.0687. The number of nitrogens with zero attached hydrogens (tertiary/aromatic N) is 3. The van der Waals surface area contributed by atoms with Crippen LogP contribution in [0.1, 0.15) is 56.6 Å². The number of aromatic nitrogens is 2. The zero-order valence-electron chi connectivity index (χ0n) is 25.5. The maximum atomic E-state index is 12.5. The van der Waals surface area contributed by atoms with Crippen LogP contribution in [-0.2, 0) is 11.8 Å². The Kier molecular flexibility index (Phi) is 14.2. The van der Waals surface area contributed by atoms with E-state index in [0.717, 1.165) is 44.7 Å². The number of hydrogen-bond acceptors (Lipinski definition) is 6. The van der Waals surface area contributed by atoms with Gasteiger partial charge in [-0.15, -0.1) is 0 Å². The van der Waals surface area contributed by atoms with E-state index < -0.39 is 30.9 Å². The highest BCUT2D eigenvalue weighted by Crippen LogP contribution is 2.56. The van der Waals surface area contributed by atoms with E-state index in [2.05, 4.69) is 77.3 Å². The fourth-order valence-electron chi connectivity index (χ4n) is 5.68. The molecule has 4 aromatic rings. The molecule has 45 heavy (non-hydrogen) atoms. The normalized spacial score (nSPS) is 12.6. The molecule has 0 saturated carbocycles. The molecule has 0 saturated heterocycles. The number of unbranched alkanes of at least 4 members (excludes halogenated alkanes) is 5. The van der Waals surface area contributed by atoms with Crippen molar-refractivity contribution in [3.05, 3.63) is 113 Å². The molecule has 9 nitrogen and oxygen atoms in total. The van der Waals surface area contributed by atoms with Gasteiger partial charge in [0, 0.05) is 25.6 Å². The third kappa shape index (κ3) is 9.44. The Balaban J connectivity index is 0.00000552. The number of non-ortho nitro benzene ring substituents is 1. The summed E-state index contributed by atoms with van der Waals surface area (Å²) >= 11 is 0. The van der Waals surface area contributed by atoms with Gasteiger partial charge in [0.15, 0.2) is 0 Å². The number of nitro benzene ring substituents is 1. The van der Waals surface area contributed by atoms with Gasteiger partial charge in [0.2, 0.25) is 5.91 Å². The summed E-state index contributed by atoms with van der Waals surface area (Å²) in [7, 11) is 0.104. The standard InChI is InChI=1S/C34H41N4O5P.ClH/c1-37-25-31(24-35-37)44(29-14-8-6-9-15-29,30-16-10-7-11-17-30)23-13-5-3-2-4-12-18-33(40)36-32(26-39)34(41)27-19-21-28(22-20-27)38(42)43;/h6-11,14-17,19-22,24-25,32,34,39,41H,2-5,12-13,18,23,26H2,1H3;1H. The van der Waals surface area contributed by atoms with Gasteiger partial charge in [0.1, 0.15) is 29.3 Å². The van der Waals surface area contributed by atoms with Crippen LogP contribution in [0.2, 0.25) is 0 Å². The lowest BCUT2D eigenvalue weighted by Crippen LogP contribution is -3.00. The largest absolute Gasteiger partial charge is 1.00 e. The lowest BCUT2D eigenvalue weighted by Gasteiger charge is -2.26. The molecule has 4 rings (SSSR count). The lowest BCUT2D eigenvalue weighted by atomic mass is 10.0. The van der Waals surface area contributed by atoms with E-state index in [9.17, 15) is 25.1 Å². The molecular formula is C34H42ClN4O5P. The van der Waals surface area contributed by atoms with Crippen molar-refractivity contribution in [2.75, 3.05) is 12.8 Å². The zero-order chi connectivity index (χ0) is 31.4. The van der Waals surface area contributed by atoms with Crippen molar-refractivity contribution in [1.82, 2.24) is 15.1 Å². The molecule has 1 aromatic heterocycles. The minimum Gasteiger partial charge on any atom is -1.00 e. The van der Waals surface area contributed by atoms with E-state index in [4.69, 9.17) is 0 Å². The van der Waals surface area contributed by atoms with Gasteiger partial charge in [0.05, 0.1) is 36.1 Å². The highest BCUT2D eigenvalue weighted by atomic mass is 35.5. The second-order valence-corrected chi connectivity index (χ2v) is 14.7. The number of amides is 1. The van der Waals surface area contributed by atoms with E-state index in [0.29, 0.717) is 12.0 Å². The Morgan fingerprint density at radius 3 is 1.96 bits per heavy atom. The maximum Gasteiger partial charge on any atom is 0.269 e. The number of aryl methyl sites for hydroxylation is 1. The first-order valence-electron chi connectivity index (χ1n) is 15.2. The molecule has 3 N–H and O–H groups in total. The molecule has 1 heterocycles. The average molecular weight is 653 g/mol. The number of nitrogens with one attached hydrogen (secondary N) is 1. The number of aliphatic hydroxyl groups excluding tert-OH is 2. The Labute approximate surface area is 271 Å². The van der Waals surface area contributed by atoms with Crippen molar-refractivity contribution in [2.24, 2.45) is 7.05 Å². The first kappa shape index (κ1) is 35.9. The van der Waals surface area contributed by atoms with Gasteiger partial charge in [-0.2, -0.15) is 5.10 Å². The van der Waals surface area contributed by atoms with Gasteiger partial charge in [-0.3, -0.25) is 19.6 Å². The Hall–Kier alpha value is -3.62. The van der Waals surface area contributed by atoms with E-state index in [1.807, 2.05) is 17.9 Å². The first-order valence-corrected chi connectivity index (χ1v) is 17.1. The Morgan fingerprint density at radius 1 is 0.889 bits per heavy atom. The van der Waals surface area contributed by atoms with Crippen LogP contribution >= 0.6 is 7.26 Å². The minimum absolute atomic E-state index is 0. The molecule has 2 atom stereocenters. The van der Waals surface area contributed by atoms with Crippen molar-refractivity contribution < 1.29 is 32.3 Å². The number of hydrogen-bond donors (Lipinski definition) is 3. The molecule has 0 aliphatic heterocycles. The van der Waals surface area contributed by atoms with E-state index in [1.54, 1.807) is 0 Å². The number of rotatable bonds is 17. The second-order valence-electron chi connectivity index (χ2n) is 11.1. The highest BCUT2D eigenvalue weighted by Gasteiger charge is 2.45. The molecular weight excluding hydrogens is 611 g/mol. The highest BCUT2D eigenvalue weighted by molar-refractivity contribution is 7.95. The SMILES string of the molecule is Cn1cc([P+](CCCCCCCCC(=O)NC(CO)C(O)c2ccc([N+](=O)[O-])cc2)(c2ccccc2)c2ccccc2)cn1.[Cl-]. The van der Waals surface area contributed by atoms with Crippen LogP contribution in [0.5, 0.6) is 0 Å². The second kappa shape index (κ2) is 17.8. The number of nitro groups is 1. The molecule has 0 spiro atoms. The molecule has 0 aliphatic carbocycles. The molecule has 11 heteroatoms. The summed E-state index contributed by atoms with van der Waals surface area (Å²) in [6, 6.07) is 26.2. The van der Waals surface area contributed by atoms with Crippen LogP contribution < -0.4 is 33.6 Å². The molecule has 0 fully saturated rings. The van der Waals surface area contributed by atoms with Crippen molar-refractivity contribution in [3.8, 4) is 0 Å². The van der Waals surface area contributed by atoms with Gasteiger partial charge in [-0.05, 0) is 61.2 Å². The monoisotopic (exact) mass is 652 g/mol. The Bertz CT molecular complexity index is 1430. The summed E-state index contributed by atoms with van der Waals surface area (Å²) in [5.74, 6) is -0.234. The van der Waals surface area contributed by atoms with E-state index >= 15 is 0 Å². The molecule has 0 aliphatic rings. The number of carbonyl (C=O) groups excluding carboxylic acids is 1. The van der Waals surface area contributed by atoms with Crippen molar-refractivity contribution >= 4 is 34.8 Å². The number of aliphatic hydroxyl groups is 2. The van der Waals surface area contributed by atoms with Gasteiger partial charge in [-0.1, -0.05) is 55.7 Å². The summed E-state index contributed by atoms with van der Waals surface area (Å²) in [6.07, 6.45) is 10.3. The van der Waals surface area contributed by atoms with Crippen molar-refractivity contribution in [1.29, 1.82) is 0 Å². The molecule has 1 amide bonds. The predicted octanol–water partition coefficient (Wildman–Crippen LogP) is 1.57. The van der Waals surface area contributed by atoms with Crippen molar-refractivity contribution in [3.63, 3.8) is 0 Å². The first-order chi connectivity index (χ1) is 21.3. The van der Waals surface area contributed by atoms with Crippen LogP contribution in [0.4, 0.5) is 5.69 Å². The van der Waals surface area contributed by atoms with Gasteiger partial charge in [0.25, 0.3) is 5.69 Å². The maximum absolute atomic E-state index is 12.5. The third-order valence-electron chi connectivity index (χ3n) is 8.04. The molecule has 0 bridgehead atoms. The fourth-order valence-corrected chi connectivity index (χ4v) is 10.0. The van der Waals surface area contributed by atoms with Crippen LogP contribution in [0.3, 0.4) is 0 Å². The molecule has 240 valence electrons. The predicted molar refractivity (Wildman–Crippen MR) is 176 cm³/mol. The number of halogens is 1. The fraction of sp³-hybridized carbons (Fsp3) is 0.353. The van der Waals surface area contributed by atoms with Crippen LogP contribution in [0.15, 0.2) is 97.3 Å². The number of benzene rings is 3. The van der Waals surface area contributed by atoms with E-state index in [-0.39, 0.29) is 24.0 Å². The lowest BCUT2D eigenvalue weighted by molar-refractivity contribution is -0.384. The summed E-state index contributed by atoms with van der Waals surface area (Å²) in [5.41, 5.74) is 0.303. The van der Waals surface area contributed by atoms with Gasteiger partial charge >= 0.3 is 0 Å². The van der Waals surface area contributed by atoms with Gasteiger partial charge in [-0.25, -0.2) is 0 Å². The molecule has 3 aromatic carbocycles. The molecule has 0 radical (unpaired) electrons. The summed E-state index contributed by atoms with van der Waals surface area (Å²) in [4.78, 5) is 22.9. The average Bonchev–Trinajstić information content (AvgIpc) is 3.49. The van der Waals surface area contributed by atoms with Crippen LogP contribution in [-0.4, -0.2) is 49.6 Å². The zero-order valence-corrected chi connectivity index (χ0v) is 27.2. The third-order valence-corrected chi connectivity index (χ3v) is 12.5. The summed E-state index contributed by atoms with van der Waals surface area (Å²) in [6.45, 7) is -0.445. The summed E-state index contributed by atoms with van der Waals surface area (Å²) < 4.78 is 1.89. The van der Waals surface area contributed by atoms with Gasteiger partial charge < -0.3 is 27.9 Å². The smallest absolute Gasteiger partial charge is 0.269 e. The Morgan fingerprint density at radius 2 is 1.44 bits per heavy atom. The van der Waals surface area contributed by atoms with Crippen LogP contribution in [0.25, 0.3) is 0 Å². The summed E-state index contributed by atoms with van der Waals surface area (Å²) in [5, 5.41) is 42.4. The van der Waals surface area contributed by atoms with Crippen LogP contribution in [0, 0.1) is 10.1 Å². The topological polar surface area (TPSA) is 131 Å². The molecule has 2 unspecified atom stereocenters. The van der Waals surface area contributed by atoms with E-state index in [1.165, 1.54) is 40.2 Å². The van der Waals surface area contributed by atoms with Crippen molar-refractivity contribution in [2.45, 2.75) is 57.1 Å².